The Bertz CT molecular complexity index is 8.00. The Hall–Kier alpha value is 3.61. The average Bonchev–Trinajstić information content (AvgIpc) is 1.00. The van der Waals surface area contributed by atoms with Crippen LogP contribution >= 0.6 is 0 Å². The van der Waals surface area contributed by atoms with Crippen molar-refractivity contribution in [2.45, 2.75) is 0 Å². The molecule has 0 spiro atoms. The molecule has 0 aliphatic rings. The summed E-state index contributed by atoms with van der Waals surface area (Å²) in [4.78, 5) is 0. The molecule has 1 nitrogen and oxygen atoms in total. The minimum absolute atomic E-state index is 0. The fourth-order valence-electron chi connectivity index (χ4n) is 0. The molecule has 0 unspecified atom stereocenters. The molecule has 0 aromatic rings. The average molecular weight is 510 g/mol. The third kappa shape index (κ3) is 9.15. The van der Waals surface area contributed by atoms with Gasteiger partial charge in [-0.15, -0.1) is 0 Å². The van der Waals surface area contributed by atoms with Crippen LogP contribution in [0.1, 0.15) is 0 Å². The summed E-state index contributed by atoms with van der Waals surface area (Å²) in [5, 5.41) is 0. The zero-order valence-electron chi connectivity index (χ0n) is 1.41. The zero-order valence-corrected chi connectivity index (χ0v) is 8.50. The molecule has 20 valence electrons. The molecule has 0 fully saturated rings. The molecule has 0 radical (unpaired) electrons. The van der Waals surface area contributed by atoms with E-state index in [0.29, 0.717) is 0 Å². The van der Waals surface area contributed by atoms with E-state index in [9.17, 15) is 0 Å². The quantitative estimate of drug-likeness (QED) is 0.357. The van der Waals surface area contributed by atoms with Crippen LogP contribution in [0.5, 0.6) is 0 Å². The SMILES string of the molecule is [BaH2].[Nd].[O]=[BiH]. The summed E-state index contributed by atoms with van der Waals surface area (Å²) in [5.41, 5.74) is 0. The molecule has 0 N–H and O–H groups in total. The van der Waals surface area contributed by atoms with Gasteiger partial charge < -0.3 is 0 Å². The first-order chi connectivity index (χ1) is 1.00. The topological polar surface area (TPSA) is 17.1 Å². The van der Waals surface area contributed by atoms with Crippen LogP contribution in [0.15, 0.2) is 0 Å². The van der Waals surface area contributed by atoms with E-state index in [1.165, 1.54) is 0 Å². The molecule has 0 atom stereocenters. The molecule has 0 bridgehead atoms. The maximum absolute atomic E-state index is 8.39. The van der Waals surface area contributed by atoms with Crippen molar-refractivity contribution >= 4 is 73.6 Å². The van der Waals surface area contributed by atoms with E-state index in [1.807, 2.05) is 0 Å². The van der Waals surface area contributed by atoms with Crippen molar-refractivity contribution in [3.05, 3.63) is 0 Å². The van der Waals surface area contributed by atoms with Crippen molar-refractivity contribution in [1.29, 1.82) is 0 Å². The van der Waals surface area contributed by atoms with E-state index < -0.39 is 0 Å². The fourth-order valence-corrected chi connectivity index (χ4v) is 0. The summed E-state index contributed by atoms with van der Waals surface area (Å²) in [7, 11) is 0. The number of hydrogen-bond acceptors (Lipinski definition) is 1. The number of hydrogen-bond donors (Lipinski definition) is 0. The van der Waals surface area contributed by atoms with Crippen molar-refractivity contribution in [1.82, 2.24) is 0 Å². The van der Waals surface area contributed by atoms with Gasteiger partial charge in [0.15, 0.2) is 0 Å². The van der Waals surface area contributed by atoms with Crippen LogP contribution in [0.2, 0.25) is 0 Å². The Morgan fingerprint density at radius 3 is 1.25 bits per heavy atom. The Balaban J connectivity index is -0.00000000500. The van der Waals surface area contributed by atoms with E-state index in [1.54, 1.807) is 0 Å². The summed E-state index contributed by atoms with van der Waals surface area (Å²) in [6.45, 7) is 0. The first-order valence-corrected chi connectivity index (χ1v) is 1.79. The molecule has 0 aromatic heterocycles. The molecular formula is H3BaBiNdO. The maximum atomic E-state index is 8.39. The van der Waals surface area contributed by atoms with Crippen LogP contribution in [0.4, 0.5) is 0 Å². The van der Waals surface area contributed by atoms with Crippen LogP contribution in [0, 0.1) is 40.8 Å². The van der Waals surface area contributed by atoms with Crippen molar-refractivity contribution in [3.8, 4) is 0 Å². The fraction of sp³-hybridized carbons (Fsp3) is 0. The van der Waals surface area contributed by atoms with E-state index in [0.717, 1.165) is 0 Å². The van der Waals surface area contributed by atoms with Crippen LogP contribution < -0.4 is 0 Å². The summed E-state index contributed by atoms with van der Waals surface area (Å²) < 4.78 is 8.39. The van der Waals surface area contributed by atoms with Gasteiger partial charge in [-0.25, -0.2) is 0 Å². The molecule has 0 aliphatic heterocycles. The summed E-state index contributed by atoms with van der Waals surface area (Å²) >= 11 is 0.0556. The van der Waals surface area contributed by atoms with Gasteiger partial charge in [0.1, 0.15) is 0 Å². The molecule has 0 rings (SSSR count). The minimum atomic E-state index is 0. The van der Waals surface area contributed by atoms with Crippen molar-refractivity contribution < 1.29 is 43.7 Å². The molecule has 4 heteroatoms. The predicted molar refractivity (Wildman–Crippen MR) is 16.4 cm³/mol. The second-order valence-electron chi connectivity index (χ2n) is 0. The third-order valence-electron chi connectivity index (χ3n) is 0. The van der Waals surface area contributed by atoms with Crippen LogP contribution in [-0.2, 0) is 2.81 Å². The molecular weight excluding hydrogens is 507 g/mol. The summed E-state index contributed by atoms with van der Waals surface area (Å²) in [5.74, 6) is 0. The summed E-state index contributed by atoms with van der Waals surface area (Å²) in [6.07, 6.45) is 0. The van der Waals surface area contributed by atoms with Gasteiger partial charge in [-0.3, -0.25) is 0 Å². The normalized spacial score (nSPS) is 1.00. The van der Waals surface area contributed by atoms with Gasteiger partial charge in [0, 0.05) is 40.8 Å². The first kappa shape index (κ1) is 15.6. The second kappa shape index (κ2) is 16.0. The zero-order chi connectivity index (χ0) is 2.00. The number of rotatable bonds is 0. The Morgan fingerprint density at radius 1 is 1.25 bits per heavy atom. The molecule has 4 heavy (non-hydrogen) atoms. The molecule has 0 heterocycles. The first-order valence-electron chi connectivity index (χ1n) is 0.204. The van der Waals surface area contributed by atoms with Crippen molar-refractivity contribution in [3.63, 3.8) is 0 Å². The molecule has 0 aromatic carbocycles. The summed E-state index contributed by atoms with van der Waals surface area (Å²) in [6, 6.07) is 0. The van der Waals surface area contributed by atoms with E-state index >= 15 is 0 Å². The van der Waals surface area contributed by atoms with Crippen LogP contribution in [-0.4, -0.2) is 73.6 Å². The van der Waals surface area contributed by atoms with Gasteiger partial charge >= 0.3 is 76.4 Å². The van der Waals surface area contributed by atoms with Gasteiger partial charge in [0.25, 0.3) is 0 Å². The van der Waals surface area contributed by atoms with Crippen molar-refractivity contribution in [2.75, 3.05) is 0 Å². The van der Waals surface area contributed by atoms with Gasteiger partial charge in [-0.1, -0.05) is 0 Å². The molecule has 0 amide bonds. The Morgan fingerprint density at radius 2 is 1.25 bits per heavy atom. The van der Waals surface area contributed by atoms with Crippen molar-refractivity contribution in [2.24, 2.45) is 0 Å². The van der Waals surface area contributed by atoms with Crippen LogP contribution in [0.25, 0.3) is 0 Å². The predicted octanol–water partition coefficient (Wildman–Crippen LogP) is -1.68. The van der Waals surface area contributed by atoms with Gasteiger partial charge in [0.05, 0.1) is 0 Å². The Labute approximate surface area is 114 Å². The monoisotopic (exact) mass is 508 g/mol. The van der Waals surface area contributed by atoms with E-state index in [2.05, 4.69) is 0 Å². The van der Waals surface area contributed by atoms with Gasteiger partial charge in [-0.2, -0.15) is 0 Å². The van der Waals surface area contributed by atoms with Gasteiger partial charge in [-0.05, 0) is 0 Å². The third-order valence-corrected chi connectivity index (χ3v) is 0. The van der Waals surface area contributed by atoms with Gasteiger partial charge in [0.2, 0.25) is 0 Å². The molecule has 0 aliphatic carbocycles. The van der Waals surface area contributed by atoms with E-state index in [-0.39, 0.29) is 114 Å². The standard InChI is InChI=1S/Ba.Bi.Nd.O.3H. The van der Waals surface area contributed by atoms with E-state index in [4.69, 9.17) is 2.81 Å². The molecule has 0 saturated carbocycles. The Kier molecular flexibility index (Phi) is 62.5. The molecule has 0 saturated heterocycles. The second-order valence-corrected chi connectivity index (χ2v) is 0. The van der Waals surface area contributed by atoms with Crippen LogP contribution in [0.3, 0.4) is 0 Å².